The maximum Gasteiger partial charge on any atom is 0.160 e. The first-order valence-corrected chi connectivity index (χ1v) is 25.2. The van der Waals surface area contributed by atoms with Gasteiger partial charge in [-0.3, -0.25) is 4.79 Å². The SMILES string of the molecule is CCCCCCCCCCCCc1csc(-c2c3c(c(-c4cc(CCCCCCCCCCCC)c(C=O)s4)c4nn(CC(CC)CCCC)nc24)N=S=N3)c1. The standard InChI is InChI=1S/C47H71N5OS3/c1-5-9-12-14-16-18-20-22-24-26-29-37-31-39(54-35-37)42-44-45(49-52(48-44)33-36(8-4)28-11-7-3)43(47-46(42)50-56-51-47)40-32-38(41(34-53)55-40)30-27-25-23-21-19-17-15-13-10-6-2/h31-32,34-36H,5-30,33H2,1-4H3. The van der Waals surface area contributed by atoms with E-state index in [0.29, 0.717) is 5.92 Å². The number of aromatic nitrogens is 3. The van der Waals surface area contributed by atoms with E-state index in [1.54, 1.807) is 22.7 Å². The lowest BCUT2D eigenvalue weighted by Gasteiger charge is -2.12. The molecular weight excluding hydrogens is 747 g/mol. The molecule has 0 saturated heterocycles. The van der Waals surface area contributed by atoms with Crippen LogP contribution in [-0.2, 0) is 30.7 Å². The van der Waals surface area contributed by atoms with Gasteiger partial charge in [0, 0.05) is 9.75 Å². The van der Waals surface area contributed by atoms with E-state index in [1.165, 1.54) is 163 Å². The molecular formula is C47H71N5OS3. The summed E-state index contributed by atoms with van der Waals surface area (Å²) in [5, 5.41) is 12.9. The number of unbranched alkanes of at least 4 members (excludes halogenated alkanes) is 19. The number of aldehydes is 1. The number of hydrogen-bond donors (Lipinski definition) is 0. The number of carbonyl (C=O) groups excluding carboxylic acids is 1. The van der Waals surface area contributed by atoms with Crippen molar-refractivity contribution in [2.75, 3.05) is 0 Å². The molecule has 0 spiro atoms. The number of nitrogens with zero attached hydrogens (tertiary/aromatic N) is 5. The zero-order chi connectivity index (χ0) is 39.4. The fraction of sp³-hybridized carbons (Fsp3) is 0.681. The van der Waals surface area contributed by atoms with E-state index in [-0.39, 0.29) is 0 Å². The zero-order valence-corrected chi connectivity index (χ0v) is 37.8. The van der Waals surface area contributed by atoms with Gasteiger partial charge in [0.2, 0.25) is 0 Å². The Morgan fingerprint density at radius 3 is 1.68 bits per heavy atom. The van der Waals surface area contributed by atoms with Crippen LogP contribution in [0, 0.1) is 5.92 Å². The molecule has 0 saturated carbocycles. The predicted molar refractivity (Wildman–Crippen MR) is 245 cm³/mol. The maximum absolute atomic E-state index is 12.5. The van der Waals surface area contributed by atoms with E-state index in [4.69, 9.17) is 18.9 Å². The van der Waals surface area contributed by atoms with Crippen LogP contribution in [0.4, 0.5) is 11.4 Å². The molecule has 9 heteroatoms. The number of fused-ring (bicyclic) bond motifs is 2. The van der Waals surface area contributed by atoms with Gasteiger partial charge in [0.05, 0.1) is 33.9 Å². The quantitative estimate of drug-likeness (QED) is 0.0330. The lowest BCUT2D eigenvalue weighted by molar-refractivity contribution is 0.112. The van der Waals surface area contributed by atoms with Crippen LogP contribution < -0.4 is 0 Å². The van der Waals surface area contributed by atoms with Crippen LogP contribution in [0.25, 0.3) is 31.9 Å². The third kappa shape index (κ3) is 13.0. The molecule has 1 unspecified atom stereocenters. The molecule has 1 aliphatic heterocycles. The Labute approximate surface area is 350 Å². The predicted octanol–water partition coefficient (Wildman–Crippen LogP) is 16.6. The summed E-state index contributed by atoms with van der Waals surface area (Å²) in [6, 6.07) is 4.63. The van der Waals surface area contributed by atoms with Gasteiger partial charge in [-0.15, -0.1) is 22.7 Å². The summed E-state index contributed by atoms with van der Waals surface area (Å²) in [6.45, 7) is 9.93. The van der Waals surface area contributed by atoms with E-state index in [1.807, 2.05) is 4.80 Å². The molecule has 56 heavy (non-hydrogen) atoms. The van der Waals surface area contributed by atoms with Gasteiger partial charge in [-0.1, -0.05) is 163 Å². The Bertz CT molecular complexity index is 1830. The van der Waals surface area contributed by atoms with E-state index >= 15 is 0 Å². The minimum Gasteiger partial charge on any atom is -0.297 e. The summed E-state index contributed by atoms with van der Waals surface area (Å²) in [5.74, 6) is 0.533. The Balaban J connectivity index is 1.34. The van der Waals surface area contributed by atoms with Crippen molar-refractivity contribution in [3.8, 4) is 20.9 Å². The summed E-state index contributed by atoms with van der Waals surface area (Å²) in [4.78, 5) is 17.5. The molecule has 1 aliphatic rings. The molecule has 0 fully saturated rings. The van der Waals surface area contributed by atoms with Gasteiger partial charge < -0.3 is 0 Å². The van der Waals surface area contributed by atoms with Crippen LogP contribution in [0.15, 0.2) is 26.2 Å². The second kappa shape index (κ2) is 25.1. The summed E-state index contributed by atoms with van der Waals surface area (Å²) >= 11 is 4.66. The largest absolute Gasteiger partial charge is 0.297 e. The van der Waals surface area contributed by atoms with Gasteiger partial charge in [0.15, 0.2) is 6.29 Å². The van der Waals surface area contributed by atoms with Crippen molar-refractivity contribution in [2.45, 2.75) is 201 Å². The van der Waals surface area contributed by atoms with Gasteiger partial charge in [-0.25, -0.2) is 0 Å². The number of carbonyl (C=O) groups is 1. The Morgan fingerprint density at radius 1 is 0.625 bits per heavy atom. The van der Waals surface area contributed by atoms with E-state index < -0.39 is 0 Å². The highest BCUT2D eigenvalue weighted by Crippen LogP contribution is 2.53. The van der Waals surface area contributed by atoms with Crippen LogP contribution in [0.3, 0.4) is 0 Å². The van der Waals surface area contributed by atoms with E-state index in [9.17, 15) is 4.79 Å². The van der Waals surface area contributed by atoms with E-state index in [2.05, 4.69) is 45.2 Å². The summed E-state index contributed by atoms with van der Waals surface area (Å²) in [5.41, 5.74) is 8.21. The Kier molecular flexibility index (Phi) is 20.0. The van der Waals surface area contributed by atoms with Crippen molar-refractivity contribution in [2.24, 2.45) is 14.6 Å². The monoisotopic (exact) mass is 817 g/mol. The highest BCUT2D eigenvalue weighted by Gasteiger charge is 2.29. The van der Waals surface area contributed by atoms with Crippen LogP contribution >= 0.6 is 22.7 Å². The van der Waals surface area contributed by atoms with Gasteiger partial charge in [0.1, 0.15) is 22.4 Å². The maximum atomic E-state index is 12.5. The summed E-state index contributed by atoms with van der Waals surface area (Å²) in [6.07, 6.45) is 34.4. The molecule has 0 radical (unpaired) electrons. The van der Waals surface area contributed by atoms with E-state index in [0.717, 1.165) is 87.4 Å². The average Bonchev–Trinajstić information content (AvgIpc) is 4.04. The van der Waals surface area contributed by atoms with Crippen molar-refractivity contribution in [3.63, 3.8) is 0 Å². The first-order valence-electron chi connectivity index (χ1n) is 22.8. The van der Waals surface area contributed by atoms with Crippen LogP contribution in [0.1, 0.15) is 203 Å². The zero-order valence-electron chi connectivity index (χ0n) is 35.3. The van der Waals surface area contributed by atoms with Gasteiger partial charge in [0.25, 0.3) is 0 Å². The number of aryl methyl sites for hydroxylation is 2. The van der Waals surface area contributed by atoms with Crippen molar-refractivity contribution in [1.29, 1.82) is 0 Å². The van der Waals surface area contributed by atoms with Crippen molar-refractivity contribution in [1.82, 2.24) is 15.0 Å². The Morgan fingerprint density at radius 2 is 1.14 bits per heavy atom. The van der Waals surface area contributed by atoms with Crippen molar-refractivity contribution < 1.29 is 4.79 Å². The van der Waals surface area contributed by atoms with Crippen molar-refractivity contribution in [3.05, 3.63) is 33.5 Å². The smallest absolute Gasteiger partial charge is 0.160 e. The normalized spacial score (nSPS) is 12.9. The number of hydrogen-bond acceptors (Lipinski definition) is 7. The highest BCUT2D eigenvalue weighted by molar-refractivity contribution is 7.58. The fourth-order valence-corrected chi connectivity index (χ4v) is 10.9. The molecule has 0 N–H and O–H groups in total. The first kappa shape index (κ1) is 44.6. The van der Waals surface area contributed by atoms with Crippen LogP contribution in [-0.4, -0.2) is 21.3 Å². The Hall–Kier alpha value is -2.49. The van der Waals surface area contributed by atoms with Crippen LogP contribution in [0.2, 0.25) is 0 Å². The molecule has 3 aromatic heterocycles. The molecule has 6 nitrogen and oxygen atoms in total. The van der Waals surface area contributed by atoms with Crippen molar-refractivity contribution >= 4 is 62.7 Å². The molecule has 1 atom stereocenters. The first-order chi connectivity index (χ1) is 27.6. The van der Waals surface area contributed by atoms with Crippen LogP contribution in [0.5, 0.6) is 0 Å². The van der Waals surface area contributed by atoms with Gasteiger partial charge in [-0.05, 0) is 66.7 Å². The third-order valence-electron chi connectivity index (χ3n) is 11.8. The second-order valence-corrected chi connectivity index (χ2v) is 18.9. The lowest BCUT2D eigenvalue weighted by Crippen LogP contribution is -2.12. The lowest BCUT2D eigenvalue weighted by atomic mass is 9.99. The topological polar surface area (TPSA) is 72.5 Å². The minimum atomic E-state index is 0.533. The second-order valence-electron chi connectivity index (χ2n) is 16.4. The molecule has 1 aromatic carbocycles. The minimum absolute atomic E-state index is 0.533. The fourth-order valence-electron chi connectivity index (χ4n) is 8.24. The molecule has 0 bridgehead atoms. The average molecular weight is 818 g/mol. The summed E-state index contributed by atoms with van der Waals surface area (Å²) in [7, 11) is 0. The highest BCUT2D eigenvalue weighted by atomic mass is 32.1. The third-order valence-corrected chi connectivity index (χ3v) is 14.4. The van der Waals surface area contributed by atoms with Gasteiger partial charge in [-0.2, -0.15) is 23.7 Å². The molecule has 5 rings (SSSR count). The molecule has 0 aliphatic carbocycles. The molecule has 4 aromatic rings. The number of thiophene rings is 2. The summed E-state index contributed by atoms with van der Waals surface area (Å²) < 4.78 is 9.88. The number of rotatable bonds is 31. The molecule has 4 heterocycles. The van der Waals surface area contributed by atoms with Gasteiger partial charge >= 0.3 is 0 Å². The number of benzene rings is 1. The molecule has 0 amide bonds. The molecule has 308 valence electrons.